The molecule has 0 aromatic heterocycles. The Labute approximate surface area is 149 Å². The van der Waals surface area contributed by atoms with Crippen LogP contribution in [0, 0.1) is 0 Å². The van der Waals surface area contributed by atoms with Gasteiger partial charge in [-0.3, -0.25) is 0 Å². The molecule has 0 heterocycles. The number of benzene rings is 1. The van der Waals surface area contributed by atoms with Crippen LogP contribution in [-0.2, 0) is 4.79 Å². The standard InChI is InChI=1S/C14H15Br3O4/c1-5-19-11-9(16)8(15)10(17)12(20-6-2)13(11)21-14(18)7(3)4/h3,5-6H2,1-2,4H3. The zero-order valence-electron chi connectivity index (χ0n) is 11.9. The van der Waals surface area contributed by atoms with Crippen LogP contribution >= 0.6 is 47.8 Å². The summed E-state index contributed by atoms with van der Waals surface area (Å²) >= 11 is 10.3. The van der Waals surface area contributed by atoms with Gasteiger partial charge in [0.25, 0.3) is 0 Å². The molecule has 0 spiro atoms. The molecule has 0 aliphatic rings. The Morgan fingerprint density at radius 2 is 1.38 bits per heavy atom. The molecule has 116 valence electrons. The van der Waals surface area contributed by atoms with Crippen molar-refractivity contribution in [2.45, 2.75) is 20.8 Å². The van der Waals surface area contributed by atoms with Crippen LogP contribution in [0.1, 0.15) is 20.8 Å². The SMILES string of the molecule is C=C(C)C(=O)Oc1c(OCC)c(Br)c(Br)c(Br)c1OCC. The molecular weight excluding hydrogens is 472 g/mol. The number of hydrogen-bond acceptors (Lipinski definition) is 4. The van der Waals surface area contributed by atoms with Gasteiger partial charge in [0, 0.05) is 5.57 Å². The second-order valence-corrected chi connectivity index (χ2v) is 6.34. The zero-order valence-corrected chi connectivity index (χ0v) is 16.6. The highest BCUT2D eigenvalue weighted by Gasteiger charge is 2.26. The van der Waals surface area contributed by atoms with Gasteiger partial charge in [0.05, 0.1) is 26.6 Å². The molecular formula is C14H15Br3O4. The number of carbonyl (C=O) groups excluding carboxylic acids is 1. The molecule has 0 amide bonds. The lowest BCUT2D eigenvalue weighted by molar-refractivity contribution is -0.130. The lowest BCUT2D eigenvalue weighted by atomic mass is 10.3. The van der Waals surface area contributed by atoms with Crippen molar-refractivity contribution < 1.29 is 19.0 Å². The van der Waals surface area contributed by atoms with Gasteiger partial charge < -0.3 is 14.2 Å². The molecule has 0 atom stereocenters. The molecule has 0 fully saturated rings. The first-order valence-electron chi connectivity index (χ1n) is 6.18. The zero-order chi connectivity index (χ0) is 16.2. The Morgan fingerprint density at radius 1 is 0.952 bits per heavy atom. The fraction of sp³-hybridized carbons (Fsp3) is 0.357. The van der Waals surface area contributed by atoms with Gasteiger partial charge in [-0.25, -0.2) is 4.79 Å². The van der Waals surface area contributed by atoms with E-state index >= 15 is 0 Å². The average molecular weight is 487 g/mol. The number of carbonyl (C=O) groups is 1. The van der Waals surface area contributed by atoms with Gasteiger partial charge in [0.15, 0.2) is 11.5 Å². The van der Waals surface area contributed by atoms with Crippen molar-refractivity contribution in [2.24, 2.45) is 0 Å². The minimum absolute atomic E-state index is 0.216. The van der Waals surface area contributed by atoms with Gasteiger partial charge >= 0.3 is 5.97 Å². The summed E-state index contributed by atoms with van der Waals surface area (Å²) in [4.78, 5) is 11.9. The van der Waals surface area contributed by atoms with Crippen molar-refractivity contribution in [1.29, 1.82) is 0 Å². The van der Waals surface area contributed by atoms with Crippen molar-refractivity contribution in [3.8, 4) is 17.2 Å². The van der Waals surface area contributed by atoms with Crippen LogP contribution in [-0.4, -0.2) is 19.2 Å². The van der Waals surface area contributed by atoms with Crippen molar-refractivity contribution in [2.75, 3.05) is 13.2 Å². The van der Waals surface area contributed by atoms with Crippen LogP contribution in [0.4, 0.5) is 0 Å². The third kappa shape index (κ3) is 4.23. The molecule has 0 aliphatic carbocycles. The summed E-state index contributed by atoms with van der Waals surface area (Å²) in [7, 11) is 0. The third-order valence-electron chi connectivity index (χ3n) is 2.32. The predicted molar refractivity (Wildman–Crippen MR) is 92.3 cm³/mol. The first-order chi connectivity index (χ1) is 9.84. The Morgan fingerprint density at radius 3 is 1.71 bits per heavy atom. The first-order valence-corrected chi connectivity index (χ1v) is 8.56. The Hall–Kier alpha value is -0.530. The van der Waals surface area contributed by atoms with Gasteiger partial charge in [0.1, 0.15) is 0 Å². The summed E-state index contributed by atoms with van der Waals surface area (Å²) in [6.45, 7) is 9.66. The Balaban J connectivity index is 3.52. The topological polar surface area (TPSA) is 44.8 Å². The van der Waals surface area contributed by atoms with Gasteiger partial charge in [-0.15, -0.1) is 0 Å². The van der Waals surface area contributed by atoms with Crippen LogP contribution in [0.2, 0.25) is 0 Å². The van der Waals surface area contributed by atoms with Crippen LogP contribution < -0.4 is 14.2 Å². The highest BCUT2D eigenvalue weighted by atomic mass is 79.9. The van der Waals surface area contributed by atoms with Crippen molar-refractivity contribution >= 4 is 53.8 Å². The highest BCUT2D eigenvalue weighted by molar-refractivity contribution is 9.14. The molecule has 7 heteroatoms. The predicted octanol–water partition coefficient (Wildman–Crippen LogP) is 5.25. The van der Waals surface area contributed by atoms with Crippen molar-refractivity contribution in [3.63, 3.8) is 0 Å². The van der Waals surface area contributed by atoms with E-state index in [-0.39, 0.29) is 11.3 Å². The summed E-state index contributed by atoms with van der Waals surface area (Å²) < 4.78 is 18.5. The fourth-order valence-electron chi connectivity index (χ4n) is 1.42. The van der Waals surface area contributed by atoms with Gasteiger partial charge in [0.2, 0.25) is 5.75 Å². The molecule has 1 rings (SSSR count). The number of halogens is 3. The molecule has 1 aromatic rings. The Bertz CT molecular complexity index is 537. The van der Waals surface area contributed by atoms with Gasteiger partial charge in [-0.2, -0.15) is 0 Å². The van der Waals surface area contributed by atoms with Crippen molar-refractivity contribution in [1.82, 2.24) is 0 Å². The summed E-state index contributed by atoms with van der Waals surface area (Å²) in [6, 6.07) is 0. The summed E-state index contributed by atoms with van der Waals surface area (Å²) in [5.74, 6) is 0.461. The molecule has 0 bridgehead atoms. The molecule has 0 radical (unpaired) electrons. The smallest absolute Gasteiger partial charge is 0.338 e. The highest BCUT2D eigenvalue weighted by Crippen LogP contribution is 2.52. The minimum atomic E-state index is -0.543. The summed E-state index contributed by atoms with van der Waals surface area (Å²) in [5.41, 5.74) is 0.287. The maximum Gasteiger partial charge on any atom is 0.338 e. The second kappa shape index (κ2) is 8.19. The van der Waals surface area contributed by atoms with Crippen molar-refractivity contribution in [3.05, 3.63) is 25.6 Å². The Kier molecular flexibility index (Phi) is 7.23. The molecule has 0 N–H and O–H groups in total. The molecule has 0 saturated carbocycles. The van der Waals surface area contributed by atoms with E-state index in [0.29, 0.717) is 38.1 Å². The van der Waals surface area contributed by atoms with E-state index in [1.165, 1.54) is 0 Å². The fourth-order valence-corrected chi connectivity index (χ4v) is 3.03. The number of ether oxygens (including phenoxy) is 3. The first kappa shape index (κ1) is 18.5. The number of hydrogen-bond donors (Lipinski definition) is 0. The van der Waals surface area contributed by atoms with E-state index in [0.717, 1.165) is 0 Å². The van der Waals surface area contributed by atoms with E-state index < -0.39 is 5.97 Å². The molecule has 21 heavy (non-hydrogen) atoms. The average Bonchev–Trinajstić information content (AvgIpc) is 2.44. The van der Waals surface area contributed by atoms with E-state index in [1.807, 2.05) is 13.8 Å². The lowest BCUT2D eigenvalue weighted by Crippen LogP contribution is -2.12. The van der Waals surface area contributed by atoms with Gasteiger partial charge in [-0.1, -0.05) is 6.58 Å². The quantitative estimate of drug-likeness (QED) is 0.238. The molecule has 0 saturated heterocycles. The molecule has 0 unspecified atom stereocenters. The summed E-state index contributed by atoms with van der Waals surface area (Å²) in [5, 5.41) is 0. The molecule has 4 nitrogen and oxygen atoms in total. The van der Waals surface area contributed by atoms with E-state index in [1.54, 1.807) is 6.92 Å². The van der Waals surface area contributed by atoms with E-state index in [4.69, 9.17) is 14.2 Å². The van der Waals surface area contributed by atoms with Gasteiger partial charge in [-0.05, 0) is 68.6 Å². The number of rotatable bonds is 6. The number of esters is 1. The lowest BCUT2D eigenvalue weighted by Gasteiger charge is -2.19. The van der Waals surface area contributed by atoms with Crippen LogP contribution in [0.25, 0.3) is 0 Å². The van der Waals surface area contributed by atoms with E-state index in [2.05, 4.69) is 54.4 Å². The van der Waals surface area contributed by atoms with E-state index in [9.17, 15) is 4.79 Å². The van der Waals surface area contributed by atoms with Crippen LogP contribution in [0.15, 0.2) is 25.6 Å². The van der Waals surface area contributed by atoms with Crippen LogP contribution in [0.5, 0.6) is 17.2 Å². The molecule has 0 aliphatic heterocycles. The minimum Gasteiger partial charge on any atom is -0.489 e. The monoisotopic (exact) mass is 484 g/mol. The maximum absolute atomic E-state index is 11.9. The second-order valence-electron chi connectivity index (χ2n) is 3.97. The summed E-state index contributed by atoms with van der Waals surface area (Å²) in [6.07, 6.45) is 0. The maximum atomic E-state index is 11.9. The largest absolute Gasteiger partial charge is 0.489 e. The van der Waals surface area contributed by atoms with Crippen LogP contribution in [0.3, 0.4) is 0 Å². The normalized spacial score (nSPS) is 10.2. The molecule has 1 aromatic carbocycles. The third-order valence-corrected chi connectivity index (χ3v) is 5.69.